The monoisotopic (exact) mass is 550 g/mol. The van der Waals surface area contributed by atoms with E-state index in [9.17, 15) is 14.3 Å². The van der Waals surface area contributed by atoms with Gasteiger partial charge >= 0.3 is 0 Å². The molecule has 5 rings (SSSR count). The van der Waals surface area contributed by atoms with Crippen molar-refractivity contribution in [2.45, 2.75) is 44.6 Å². The molecule has 1 fully saturated rings. The molecule has 0 aromatic heterocycles. The first-order chi connectivity index (χ1) is 17.7. The Balaban J connectivity index is 1.24. The summed E-state index contributed by atoms with van der Waals surface area (Å²) in [5.41, 5.74) is 3.29. The van der Waals surface area contributed by atoms with Crippen LogP contribution in [0.5, 0.6) is 0 Å². The van der Waals surface area contributed by atoms with Crippen LogP contribution in [0.3, 0.4) is 0 Å². The number of nitrogens with one attached hydrogen (secondary N) is 1. The molecule has 4 heterocycles. The molecule has 0 spiro atoms. The second kappa shape index (κ2) is 10.7. The van der Waals surface area contributed by atoms with Crippen molar-refractivity contribution in [1.82, 2.24) is 14.9 Å². The number of nitrogens with zero attached hydrogens (tertiary/aromatic N) is 3. The molecule has 0 saturated carbocycles. The van der Waals surface area contributed by atoms with Gasteiger partial charge in [0.15, 0.2) is 0 Å². The van der Waals surface area contributed by atoms with E-state index < -0.39 is 24.3 Å². The van der Waals surface area contributed by atoms with Crippen molar-refractivity contribution in [3.05, 3.63) is 68.7 Å². The highest BCUT2D eigenvalue weighted by Gasteiger charge is 2.39. The Hall–Kier alpha value is -2.43. The summed E-state index contributed by atoms with van der Waals surface area (Å²) >= 11 is 12.4. The molecule has 11 heteroatoms. The fourth-order valence-corrected chi connectivity index (χ4v) is 5.79. The first kappa shape index (κ1) is 26.2. The van der Waals surface area contributed by atoms with Gasteiger partial charge in [-0.15, -0.1) is 0 Å². The van der Waals surface area contributed by atoms with Crippen LogP contribution in [0.4, 0.5) is 4.39 Å². The maximum absolute atomic E-state index is 14.1. The summed E-state index contributed by atoms with van der Waals surface area (Å²) in [5, 5.41) is 19.7. The Kier molecular flexibility index (Phi) is 7.60. The number of hydrogen-bond acceptors (Lipinski definition) is 6. The highest BCUT2D eigenvalue weighted by molar-refractivity contribution is 6.36. The Bertz CT molecular complexity index is 1200. The van der Waals surface area contributed by atoms with Gasteiger partial charge in [-0.2, -0.15) is 5.06 Å². The lowest BCUT2D eigenvalue weighted by atomic mass is 9.92. The minimum Gasteiger partial charge on any atom is -0.471 e. The number of aliphatic hydroxyl groups excluding tert-OH is 1. The van der Waals surface area contributed by atoms with Crippen LogP contribution < -0.4 is 0 Å². The lowest BCUT2D eigenvalue weighted by Crippen LogP contribution is -2.44. The van der Waals surface area contributed by atoms with Crippen LogP contribution in [0.1, 0.15) is 37.9 Å². The van der Waals surface area contributed by atoms with E-state index in [1.807, 2.05) is 6.08 Å². The highest BCUT2D eigenvalue weighted by Crippen LogP contribution is 2.40. The molecule has 2 unspecified atom stereocenters. The molecule has 2 N–H and O–H groups in total. The van der Waals surface area contributed by atoms with Gasteiger partial charge < -0.3 is 14.7 Å². The van der Waals surface area contributed by atoms with Gasteiger partial charge in [0.25, 0.3) is 0 Å². The van der Waals surface area contributed by atoms with Gasteiger partial charge in [-0.05, 0) is 37.5 Å². The molecule has 0 bridgehead atoms. The molecule has 4 aliphatic rings. The lowest BCUT2D eigenvalue weighted by Gasteiger charge is -2.35. The summed E-state index contributed by atoms with van der Waals surface area (Å²) in [6.07, 6.45) is 5.71. The minimum atomic E-state index is -0.722. The third-order valence-corrected chi connectivity index (χ3v) is 7.87. The van der Waals surface area contributed by atoms with Crippen molar-refractivity contribution >= 4 is 34.9 Å². The zero-order valence-corrected chi connectivity index (χ0v) is 21.9. The fraction of sp³-hybridized carbons (Fsp3) is 0.462. The predicted molar refractivity (Wildman–Crippen MR) is 137 cm³/mol. The molecule has 4 aliphatic heterocycles. The smallest absolute Gasteiger partial charge is 0.236 e. The average Bonchev–Trinajstić information content (AvgIpc) is 3.50. The Morgan fingerprint density at radius 1 is 1.32 bits per heavy atom. The van der Waals surface area contributed by atoms with Gasteiger partial charge in [0.05, 0.1) is 23.9 Å². The van der Waals surface area contributed by atoms with Crippen LogP contribution in [0.25, 0.3) is 0 Å². The number of rotatable bonds is 6. The molecule has 198 valence electrons. The number of hydroxylamine groups is 2. The van der Waals surface area contributed by atoms with E-state index in [-0.39, 0.29) is 21.8 Å². The van der Waals surface area contributed by atoms with E-state index in [2.05, 4.69) is 11.0 Å². The third kappa shape index (κ3) is 5.28. The number of fused-ring (bicyclic) bond motifs is 1. The number of likely N-dealkylation sites (tertiary alicyclic amines) is 1. The van der Waals surface area contributed by atoms with Crippen LogP contribution in [-0.4, -0.2) is 76.8 Å². The number of amides is 1. The highest BCUT2D eigenvalue weighted by atomic mass is 35.5. The molecular weight excluding hydrogens is 522 g/mol. The van der Waals surface area contributed by atoms with Crippen molar-refractivity contribution < 1.29 is 23.9 Å². The van der Waals surface area contributed by atoms with Crippen LogP contribution in [0.2, 0.25) is 10.0 Å². The molecule has 37 heavy (non-hydrogen) atoms. The van der Waals surface area contributed by atoms with Gasteiger partial charge in [-0.25, -0.2) is 4.39 Å². The van der Waals surface area contributed by atoms with E-state index in [1.54, 1.807) is 18.1 Å². The maximum Gasteiger partial charge on any atom is 0.236 e. The number of amidine groups is 1. The van der Waals surface area contributed by atoms with Crippen molar-refractivity contribution in [1.29, 1.82) is 5.41 Å². The third-order valence-electron chi connectivity index (χ3n) is 7.16. The van der Waals surface area contributed by atoms with Crippen LogP contribution >= 0.6 is 23.2 Å². The van der Waals surface area contributed by atoms with Crippen LogP contribution in [-0.2, 0) is 14.4 Å². The number of carbonyl (C=O) groups excluding carboxylic acids is 1. The number of benzene rings is 1. The van der Waals surface area contributed by atoms with E-state index in [0.29, 0.717) is 44.6 Å². The molecule has 0 radical (unpaired) electrons. The fourth-order valence-electron chi connectivity index (χ4n) is 5.11. The summed E-state index contributed by atoms with van der Waals surface area (Å²) in [6, 6.07) is 2.63. The number of ether oxygens (including phenoxy) is 1. The second-order valence-corrected chi connectivity index (χ2v) is 10.4. The van der Waals surface area contributed by atoms with Gasteiger partial charge in [0.1, 0.15) is 17.8 Å². The van der Waals surface area contributed by atoms with E-state index >= 15 is 0 Å². The number of hydrogen-bond donors (Lipinski definition) is 2. The zero-order valence-electron chi connectivity index (χ0n) is 20.4. The summed E-state index contributed by atoms with van der Waals surface area (Å²) < 4.78 is 20.0. The van der Waals surface area contributed by atoms with Crippen LogP contribution in [0, 0.1) is 11.2 Å². The summed E-state index contributed by atoms with van der Waals surface area (Å²) in [6.45, 7) is 4.42. The van der Waals surface area contributed by atoms with E-state index in [1.165, 1.54) is 17.2 Å². The number of carbonyl (C=O) groups is 1. The standard InChI is InChI=1S/C26H29Cl2FN4O4/c1-15(24-20(27)3-4-21(29)25(24)28)37-33-22(30)5-2-18-19(14-36-26(18)33)16-6-9-31(10-7-16)13-23(35)32-11-8-17(34)12-32/h2-4,6,14-15,17,26,30,34H,5,7-13H2,1H3/t15-,17?,26?/m1/s1. The van der Waals surface area contributed by atoms with Crippen molar-refractivity contribution in [3.63, 3.8) is 0 Å². The Labute approximate surface area is 225 Å². The maximum atomic E-state index is 14.1. The summed E-state index contributed by atoms with van der Waals surface area (Å²) in [4.78, 5) is 22.4. The Morgan fingerprint density at radius 3 is 2.84 bits per heavy atom. The molecule has 1 aromatic carbocycles. The van der Waals surface area contributed by atoms with Gasteiger partial charge in [-0.1, -0.05) is 35.4 Å². The van der Waals surface area contributed by atoms with Gasteiger partial charge in [0, 0.05) is 54.3 Å². The van der Waals surface area contributed by atoms with Crippen molar-refractivity contribution in [2.75, 3.05) is 32.7 Å². The lowest BCUT2D eigenvalue weighted by molar-refractivity contribution is -0.205. The SMILES string of the molecule is C[C@@H](ON1C(=N)CC=C2C(C3=CCN(CC(=O)N4CCC(O)C4)CC3)=COC21)c1c(Cl)ccc(F)c1Cl. The minimum absolute atomic E-state index is 0.0470. The van der Waals surface area contributed by atoms with Gasteiger partial charge in [-0.3, -0.25) is 19.9 Å². The van der Waals surface area contributed by atoms with Crippen molar-refractivity contribution in [2.24, 2.45) is 0 Å². The van der Waals surface area contributed by atoms with E-state index in [0.717, 1.165) is 29.7 Å². The summed E-state index contributed by atoms with van der Waals surface area (Å²) in [7, 11) is 0. The number of aliphatic hydroxyl groups is 1. The van der Waals surface area contributed by atoms with E-state index in [4.69, 9.17) is 38.2 Å². The molecule has 0 aliphatic carbocycles. The Morgan fingerprint density at radius 2 is 2.14 bits per heavy atom. The molecule has 8 nitrogen and oxygen atoms in total. The molecule has 3 atom stereocenters. The number of halogens is 3. The van der Waals surface area contributed by atoms with Crippen molar-refractivity contribution in [3.8, 4) is 0 Å². The van der Waals surface area contributed by atoms with Crippen LogP contribution in [0.15, 0.2) is 47.3 Å². The quantitative estimate of drug-likeness (QED) is 0.516. The van der Waals surface area contributed by atoms with Gasteiger partial charge in [0.2, 0.25) is 12.1 Å². The first-order valence-electron chi connectivity index (χ1n) is 12.3. The molecule has 1 amide bonds. The summed E-state index contributed by atoms with van der Waals surface area (Å²) in [5.74, 6) is -0.344. The zero-order chi connectivity index (χ0) is 26.3. The average molecular weight is 551 g/mol. The second-order valence-electron chi connectivity index (χ2n) is 9.66. The number of β-amino-alcohol motifs (C(OH)–C–C–N with tert-alkyl or cyclic N) is 1. The topological polar surface area (TPSA) is 89.3 Å². The first-order valence-corrected chi connectivity index (χ1v) is 13.1. The molecule has 1 aromatic rings. The largest absolute Gasteiger partial charge is 0.471 e. The molecule has 1 saturated heterocycles. The normalized spacial score (nSPS) is 24.9. The molecular formula is C26H29Cl2FN4O4. The predicted octanol–water partition coefficient (Wildman–Crippen LogP) is 4.20.